The Labute approximate surface area is 229 Å². The maximum absolute atomic E-state index is 12.5. The summed E-state index contributed by atoms with van der Waals surface area (Å²) in [7, 11) is 0. The van der Waals surface area contributed by atoms with E-state index in [0.717, 1.165) is 51.4 Å². The summed E-state index contributed by atoms with van der Waals surface area (Å²) in [5.74, 6) is -3.35. The number of unbranched alkanes of at least 4 members (excludes halogenated alkanes) is 12. The summed E-state index contributed by atoms with van der Waals surface area (Å²) in [5, 5.41) is 23.9. The summed E-state index contributed by atoms with van der Waals surface area (Å²) in [6, 6.07) is -1.35. The Morgan fingerprint density at radius 2 is 1.26 bits per heavy atom. The SMILES string of the molecule is CCCCCCCCCCCC(O)CC(=O)OC(CCCCCCC)CC(=O)NC(CCC(N)=O)C(=O)[O-]. The number of primary amides is 1. The zero-order chi connectivity index (χ0) is 28.6. The fraction of sp³-hybridized carbons (Fsp3) is 0.862. The zero-order valence-electron chi connectivity index (χ0n) is 23.8. The number of rotatable bonds is 26. The van der Waals surface area contributed by atoms with Crippen molar-refractivity contribution < 1.29 is 34.1 Å². The van der Waals surface area contributed by atoms with Crippen LogP contribution < -0.4 is 16.2 Å². The maximum Gasteiger partial charge on any atom is 0.308 e. The highest BCUT2D eigenvalue weighted by atomic mass is 16.5. The minimum atomic E-state index is -1.51. The van der Waals surface area contributed by atoms with Gasteiger partial charge < -0.3 is 30.8 Å². The number of aliphatic hydroxyl groups excluding tert-OH is 1. The molecule has 0 aliphatic rings. The summed E-state index contributed by atoms with van der Waals surface area (Å²) >= 11 is 0. The van der Waals surface area contributed by atoms with Gasteiger partial charge in [0.2, 0.25) is 11.8 Å². The first-order chi connectivity index (χ1) is 18.2. The molecule has 0 aromatic rings. The van der Waals surface area contributed by atoms with Crippen LogP contribution in [0.4, 0.5) is 0 Å². The van der Waals surface area contributed by atoms with Crippen LogP contribution in [0.2, 0.25) is 0 Å². The van der Waals surface area contributed by atoms with Gasteiger partial charge in [-0.2, -0.15) is 0 Å². The highest BCUT2D eigenvalue weighted by molar-refractivity contribution is 5.84. The van der Waals surface area contributed by atoms with Crippen molar-refractivity contribution in [1.82, 2.24) is 5.32 Å². The lowest BCUT2D eigenvalue weighted by molar-refractivity contribution is -0.308. The van der Waals surface area contributed by atoms with Crippen molar-refractivity contribution in [3.63, 3.8) is 0 Å². The van der Waals surface area contributed by atoms with Crippen LogP contribution in [0, 0.1) is 0 Å². The van der Waals surface area contributed by atoms with Gasteiger partial charge in [-0.1, -0.05) is 97.3 Å². The first-order valence-corrected chi connectivity index (χ1v) is 14.9. The largest absolute Gasteiger partial charge is 0.548 e. The van der Waals surface area contributed by atoms with E-state index in [-0.39, 0.29) is 25.7 Å². The van der Waals surface area contributed by atoms with Gasteiger partial charge in [0.25, 0.3) is 0 Å². The summed E-state index contributed by atoms with van der Waals surface area (Å²) < 4.78 is 5.53. The fourth-order valence-corrected chi connectivity index (χ4v) is 4.39. The van der Waals surface area contributed by atoms with E-state index in [9.17, 15) is 29.4 Å². The average Bonchev–Trinajstić information content (AvgIpc) is 2.84. The number of ether oxygens (including phenoxy) is 1. The molecule has 0 rings (SSSR count). The van der Waals surface area contributed by atoms with E-state index in [4.69, 9.17) is 10.5 Å². The van der Waals surface area contributed by atoms with Gasteiger partial charge in [-0.3, -0.25) is 14.4 Å². The molecule has 9 nitrogen and oxygen atoms in total. The molecule has 0 heterocycles. The molecular weight excluding hydrogens is 488 g/mol. The molecule has 0 saturated heterocycles. The van der Waals surface area contributed by atoms with Crippen LogP contribution in [0.15, 0.2) is 0 Å². The number of nitrogens with one attached hydrogen (secondary N) is 1. The van der Waals surface area contributed by atoms with Gasteiger partial charge in [0.05, 0.1) is 31.0 Å². The number of aliphatic hydroxyl groups is 1. The van der Waals surface area contributed by atoms with E-state index < -0.39 is 42.0 Å². The van der Waals surface area contributed by atoms with Gasteiger partial charge in [-0.05, 0) is 25.7 Å². The van der Waals surface area contributed by atoms with Gasteiger partial charge >= 0.3 is 5.97 Å². The summed E-state index contributed by atoms with van der Waals surface area (Å²) in [5.41, 5.74) is 5.07. The molecule has 0 spiro atoms. The molecule has 0 radical (unpaired) electrons. The van der Waals surface area contributed by atoms with Crippen molar-refractivity contribution in [2.75, 3.05) is 0 Å². The number of esters is 1. The third-order valence-electron chi connectivity index (χ3n) is 6.68. The topological polar surface area (TPSA) is 159 Å². The molecule has 0 fully saturated rings. The van der Waals surface area contributed by atoms with Gasteiger partial charge in [-0.25, -0.2) is 0 Å². The standard InChI is InChI=1S/C29H54N2O7/c1-3-5-7-9-10-11-12-14-15-17-23(32)21-28(35)38-24(18-16-13-8-6-4-2)22-27(34)31-25(29(36)37)19-20-26(30)33/h23-25,32H,3-22H2,1-2H3,(H2,30,33)(H,31,34)(H,36,37)/p-1. The van der Waals surface area contributed by atoms with Gasteiger partial charge in [0.1, 0.15) is 6.10 Å². The molecule has 4 N–H and O–H groups in total. The summed E-state index contributed by atoms with van der Waals surface area (Å²) in [6.07, 6.45) is 14.3. The van der Waals surface area contributed by atoms with E-state index in [2.05, 4.69) is 19.2 Å². The van der Waals surface area contributed by atoms with Crippen LogP contribution in [-0.4, -0.2) is 47.1 Å². The van der Waals surface area contributed by atoms with Crippen LogP contribution in [0.3, 0.4) is 0 Å². The number of aliphatic carboxylic acids is 1. The smallest absolute Gasteiger partial charge is 0.308 e. The molecule has 0 aliphatic heterocycles. The lowest BCUT2D eigenvalue weighted by atomic mass is 10.0. The van der Waals surface area contributed by atoms with Crippen LogP contribution in [0.5, 0.6) is 0 Å². The lowest BCUT2D eigenvalue weighted by Crippen LogP contribution is -2.49. The van der Waals surface area contributed by atoms with Crippen LogP contribution >= 0.6 is 0 Å². The van der Waals surface area contributed by atoms with E-state index in [1.165, 1.54) is 38.5 Å². The van der Waals surface area contributed by atoms with Crippen LogP contribution in [0.25, 0.3) is 0 Å². The van der Waals surface area contributed by atoms with E-state index in [1.807, 2.05) is 0 Å². The van der Waals surface area contributed by atoms with E-state index in [1.54, 1.807) is 0 Å². The predicted octanol–water partition coefficient (Wildman–Crippen LogP) is 3.82. The van der Waals surface area contributed by atoms with Gasteiger partial charge in [0, 0.05) is 6.42 Å². The van der Waals surface area contributed by atoms with Crippen molar-refractivity contribution >= 4 is 23.8 Å². The minimum Gasteiger partial charge on any atom is -0.548 e. The van der Waals surface area contributed by atoms with Crippen molar-refractivity contribution in [1.29, 1.82) is 0 Å². The number of carbonyl (C=O) groups excluding carboxylic acids is 4. The van der Waals surface area contributed by atoms with E-state index >= 15 is 0 Å². The number of carboxylic acid groups (broad SMARTS) is 1. The number of hydrogen-bond donors (Lipinski definition) is 3. The Kier molecular flexibility index (Phi) is 22.6. The van der Waals surface area contributed by atoms with Crippen molar-refractivity contribution in [3.8, 4) is 0 Å². The molecule has 2 amide bonds. The Balaban J connectivity index is 4.57. The minimum absolute atomic E-state index is 0.134. The van der Waals surface area contributed by atoms with E-state index in [0.29, 0.717) is 12.8 Å². The molecule has 3 atom stereocenters. The molecule has 0 saturated carbocycles. The molecule has 3 unspecified atom stereocenters. The second-order valence-electron chi connectivity index (χ2n) is 10.4. The number of amides is 2. The first kappa shape index (κ1) is 35.8. The number of carboxylic acids is 1. The molecule has 0 aromatic heterocycles. The van der Waals surface area contributed by atoms with Gasteiger partial charge in [-0.15, -0.1) is 0 Å². The van der Waals surface area contributed by atoms with Crippen LogP contribution in [0.1, 0.15) is 142 Å². The highest BCUT2D eigenvalue weighted by Gasteiger charge is 2.22. The second-order valence-corrected chi connectivity index (χ2v) is 10.4. The molecule has 0 aliphatic carbocycles. The highest BCUT2D eigenvalue weighted by Crippen LogP contribution is 2.16. The quantitative estimate of drug-likeness (QED) is 0.111. The Morgan fingerprint density at radius 1 is 0.763 bits per heavy atom. The first-order valence-electron chi connectivity index (χ1n) is 14.9. The Bertz CT molecular complexity index is 657. The molecule has 0 bridgehead atoms. The predicted molar refractivity (Wildman–Crippen MR) is 146 cm³/mol. The molecule has 0 aromatic carbocycles. The zero-order valence-corrected chi connectivity index (χ0v) is 23.8. The Hall–Kier alpha value is -2.16. The average molecular weight is 542 g/mol. The van der Waals surface area contributed by atoms with Crippen molar-refractivity contribution in [2.24, 2.45) is 5.73 Å². The third-order valence-corrected chi connectivity index (χ3v) is 6.68. The van der Waals surface area contributed by atoms with Crippen molar-refractivity contribution in [3.05, 3.63) is 0 Å². The molecule has 222 valence electrons. The second kappa shape index (κ2) is 23.9. The summed E-state index contributed by atoms with van der Waals surface area (Å²) in [6.45, 7) is 4.32. The summed E-state index contributed by atoms with van der Waals surface area (Å²) in [4.78, 5) is 47.3. The Morgan fingerprint density at radius 3 is 1.76 bits per heavy atom. The number of nitrogens with two attached hydrogens (primary N) is 1. The van der Waals surface area contributed by atoms with Crippen molar-refractivity contribution in [2.45, 2.75) is 161 Å². The third kappa shape index (κ3) is 21.9. The maximum atomic E-state index is 12.5. The van der Waals surface area contributed by atoms with Crippen LogP contribution in [-0.2, 0) is 23.9 Å². The fourth-order valence-electron chi connectivity index (χ4n) is 4.39. The normalized spacial score (nSPS) is 13.4. The number of hydrogen-bond acceptors (Lipinski definition) is 7. The molecule has 38 heavy (non-hydrogen) atoms. The number of carbonyl (C=O) groups is 4. The lowest BCUT2D eigenvalue weighted by Gasteiger charge is -2.22. The molecule has 9 heteroatoms. The molecular formula is C29H53N2O7-. The van der Waals surface area contributed by atoms with Gasteiger partial charge in [0.15, 0.2) is 0 Å². The monoisotopic (exact) mass is 541 g/mol.